The predicted molar refractivity (Wildman–Crippen MR) is 79.8 cm³/mol. The fraction of sp³-hybridized carbons (Fsp3) is 0.417. The topological polar surface area (TPSA) is 32.3 Å². The van der Waals surface area contributed by atoms with Crippen molar-refractivity contribution in [3.8, 4) is 0 Å². The molecule has 1 saturated heterocycles. The average Bonchev–Trinajstić information content (AvgIpc) is 2.29. The van der Waals surface area contributed by atoms with Gasteiger partial charge in [0, 0.05) is 29.2 Å². The van der Waals surface area contributed by atoms with E-state index in [4.69, 9.17) is 0 Å². The first-order chi connectivity index (χ1) is 7.68. The monoisotopic (exact) mass is 366 g/mol. The van der Waals surface area contributed by atoms with Gasteiger partial charge in [-0.25, -0.2) is 0 Å². The van der Waals surface area contributed by atoms with Gasteiger partial charge in [0.15, 0.2) is 0 Å². The van der Waals surface area contributed by atoms with Crippen LogP contribution in [-0.2, 0) is 0 Å². The molecule has 1 N–H and O–H groups in total. The highest BCUT2D eigenvalue weighted by atomic mass is 127. The van der Waals surface area contributed by atoms with Gasteiger partial charge in [-0.05, 0) is 41.6 Å². The largest absolute Gasteiger partial charge is 0.336 e. The van der Waals surface area contributed by atoms with Gasteiger partial charge in [-0.2, -0.15) is 0 Å². The second kappa shape index (κ2) is 6.56. The summed E-state index contributed by atoms with van der Waals surface area (Å²) in [7, 11) is 0. The van der Waals surface area contributed by atoms with Crippen molar-refractivity contribution in [3.63, 3.8) is 0 Å². The molecule has 1 aromatic carbocycles. The number of carbonyl (C=O) groups is 1. The number of rotatable bonds is 1. The number of hydrogen-bond donors (Lipinski definition) is 1. The quantitative estimate of drug-likeness (QED) is 0.773. The Kier molecular flexibility index (Phi) is 5.69. The minimum absolute atomic E-state index is 0. The Morgan fingerprint density at radius 3 is 2.82 bits per heavy atom. The molecular formula is C12H16ClIN2O. The first-order valence-corrected chi connectivity index (χ1v) is 6.53. The highest BCUT2D eigenvalue weighted by molar-refractivity contribution is 14.1. The Morgan fingerprint density at radius 2 is 2.18 bits per heavy atom. The first-order valence-electron chi connectivity index (χ1n) is 5.45. The number of halogens is 2. The van der Waals surface area contributed by atoms with Crippen LogP contribution >= 0.6 is 35.0 Å². The summed E-state index contributed by atoms with van der Waals surface area (Å²) in [6.07, 6.45) is 0. The molecule has 0 radical (unpaired) electrons. The van der Waals surface area contributed by atoms with Crippen molar-refractivity contribution in [2.75, 3.05) is 19.6 Å². The molecule has 3 nitrogen and oxygen atoms in total. The zero-order valence-corrected chi connectivity index (χ0v) is 12.6. The van der Waals surface area contributed by atoms with E-state index in [1.54, 1.807) is 0 Å². The van der Waals surface area contributed by atoms with Gasteiger partial charge in [0.1, 0.15) is 0 Å². The highest BCUT2D eigenvalue weighted by Crippen LogP contribution is 2.15. The molecule has 94 valence electrons. The molecule has 1 heterocycles. The van der Waals surface area contributed by atoms with Crippen LogP contribution in [0.2, 0.25) is 0 Å². The number of benzene rings is 1. The number of amides is 1. The van der Waals surface area contributed by atoms with E-state index < -0.39 is 0 Å². The summed E-state index contributed by atoms with van der Waals surface area (Å²) in [6, 6.07) is 8.13. The lowest BCUT2D eigenvalue weighted by Gasteiger charge is -2.32. The molecule has 5 heteroatoms. The van der Waals surface area contributed by atoms with Crippen molar-refractivity contribution in [1.82, 2.24) is 10.2 Å². The van der Waals surface area contributed by atoms with Crippen LogP contribution in [0.5, 0.6) is 0 Å². The molecule has 1 aromatic rings. The van der Waals surface area contributed by atoms with Gasteiger partial charge in [0.25, 0.3) is 5.91 Å². The summed E-state index contributed by atoms with van der Waals surface area (Å²) in [5, 5.41) is 3.34. The van der Waals surface area contributed by atoms with Crippen LogP contribution in [-0.4, -0.2) is 36.5 Å². The number of nitrogens with zero attached hydrogens (tertiary/aromatic N) is 1. The second-order valence-electron chi connectivity index (χ2n) is 4.09. The minimum Gasteiger partial charge on any atom is -0.336 e. The third-order valence-corrected chi connectivity index (χ3v) is 3.70. The molecule has 17 heavy (non-hydrogen) atoms. The molecule has 1 amide bonds. The molecule has 0 spiro atoms. The highest BCUT2D eigenvalue weighted by Gasteiger charge is 2.22. The molecule has 0 saturated carbocycles. The lowest BCUT2D eigenvalue weighted by atomic mass is 10.1. The van der Waals surface area contributed by atoms with Crippen molar-refractivity contribution < 1.29 is 4.79 Å². The Hall–Kier alpha value is -0.330. The number of carbonyl (C=O) groups excluding carboxylic acids is 1. The summed E-state index contributed by atoms with van der Waals surface area (Å²) in [5.74, 6) is 0.151. The minimum atomic E-state index is 0. The van der Waals surface area contributed by atoms with Gasteiger partial charge in [-0.3, -0.25) is 4.79 Å². The number of nitrogens with one attached hydrogen (secondary N) is 1. The lowest BCUT2D eigenvalue weighted by molar-refractivity contribution is 0.0708. The van der Waals surface area contributed by atoms with E-state index in [1.807, 2.05) is 29.2 Å². The molecule has 1 aliphatic heterocycles. The van der Waals surface area contributed by atoms with E-state index in [0.717, 1.165) is 28.8 Å². The Morgan fingerprint density at radius 1 is 1.47 bits per heavy atom. The molecule has 0 bridgehead atoms. The number of hydrogen-bond acceptors (Lipinski definition) is 2. The summed E-state index contributed by atoms with van der Waals surface area (Å²) in [6.45, 7) is 4.59. The molecule has 0 aromatic heterocycles. The SMILES string of the molecule is CC1CN(C(=O)c2ccccc2I)CCN1.Cl. The third-order valence-electron chi connectivity index (χ3n) is 2.76. The zero-order chi connectivity index (χ0) is 11.5. The van der Waals surface area contributed by atoms with Crippen molar-refractivity contribution in [1.29, 1.82) is 0 Å². The van der Waals surface area contributed by atoms with E-state index in [-0.39, 0.29) is 18.3 Å². The summed E-state index contributed by atoms with van der Waals surface area (Å²) >= 11 is 2.21. The Bertz CT molecular complexity index is 400. The second-order valence-corrected chi connectivity index (χ2v) is 5.25. The van der Waals surface area contributed by atoms with E-state index in [1.165, 1.54) is 0 Å². The molecule has 1 aliphatic rings. The van der Waals surface area contributed by atoms with Crippen molar-refractivity contribution in [2.24, 2.45) is 0 Å². The maximum atomic E-state index is 12.3. The molecular weight excluding hydrogens is 351 g/mol. The van der Waals surface area contributed by atoms with Gasteiger partial charge in [-0.1, -0.05) is 12.1 Å². The average molecular weight is 367 g/mol. The van der Waals surface area contributed by atoms with Gasteiger partial charge in [0.2, 0.25) is 0 Å². The molecule has 2 rings (SSSR count). The van der Waals surface area contributed by atoms with Crippen LogP contribution < -0.4 is 5.32 Å². The normalized spacial score (nSPS) is 19.6. The summed E-state index contributed by atoms with van der Waals surface area (Å²) in [4.78, 5) is 14.2. The molecule has 1 atom stereocenters. The fourth-order valence-electron chi connectivity index (χ4n) is 1.92. The van der Waals surface area contributed by atoms with Crippen LogP contribution in [0.25, 0.3) is 0 Å². The standard InChI is InChI=1S/C12H15IN2O.ClH/c1-9-8-15(7-6-14-9)12(16)10-4-2-3-5-11(10)13;/h2-5,9,14H,6-8H2,1H3;1H. The van der Waals surface area contributed by atoms with Gasteiger partial charge in [-0.15, -0.1) is 12.4 Å². The number of piperazine rings is 1. The maximum absolute atomic E-state index is 12.3. The van der Waals surface area contributed by atoms with Crippen LogP contribution in [0.1, 0.15) is 17.3 Å². The van der Waals surface area contributed by atoms with Crippen molar-refractivity contribution in [2.45, 2.75) is 13.0 Å². The van der Waals surface area contributed by atoms with Crippen LogP contribution in [0.3, 0.4) is 0 Å². The van der Waals surface area contributed by atoms with Gasteiger partial charge >= 0.3 is 0 Å². The third kappa shape index (κ3) is 3.56. The van der Waals surface area contributed by atoms with E-state index in [0.29, 0.717) is 6.04 Å². The summed E-state index contributed by atoms with van der Waals surface area (Å²) < 4.78 is 1.02. The van der Waals surface area contributed by atoms with Crippen LogP contribution in [0.15, 0.2) is 24.3 Å². The van der Waals surface area contributed by atoms with E-state index in [9.17, 15) is 4.79 Å². The van der Waals surface area contributed by atoms with E-state index in [2.05, 4.69) is 34.8 Å². The summed E-state index contributed by atoms with van der Waals surface area (Å²) in [5.41, 5.74) is 0.817. The maximum Gasteiger partial charge on any atom is 0.255 e. The van der Waals surface area contributed by atoms with Crippen LogP contribution in [0.4, 0.5) is 0 Å². The van der Waals surface area contributed by atoms with Crippen molar-refractivity contribution in [3.05, 3.63) is 33.4 Å². The molecule has 1 unspecified atom stereocenters. The molecule has 1 fully saturated rings. The predicted octanol–water partition coefficient (Wildman–Crippen LogP) is 2.15. The van der Waals surface area contributed by atoms with Gasteiger partial charge in [0.05, 0.1) is 5.56 Å². The lowest BCUT2D eigenvalue weighted by Crippen LogP contribution is -2.51. The Labute approximate surface area is 122 Å². The van der Waals surface area contributed by atoms with E-state index >= 15 is 0 Å². The van der Waals surface area contributed by atoms with Crippen molar-refractivity contribution >= 4 is 40.9 Å². The fourth-order valence-corrected chi connectivity index (χ4v) is 2.54. The smallest absolute Gasteiger partial charge is 0.255 e. The molecule has 0 aliphatic carbocycles. The Balaban J connectivity index is 0.00000144. The van der Waals surface area contributed by atoms with Crippen LogP contribution in [0, 0.1) is 3.57 Å². The first kappa shape index (κ1) is 14.7. The zero-order valence-electron chi connectivity index (χ0n) is 9.65. The van der Waals surface area contributed by atoms with Gasteiger partial charge < -0.3 is 10.2 Å².